The summed E-state index contributed by atoms with van der Waals surface area (Å²) in [5.74, 6) is 1.04. The second kappa shape index (κ2) is 6.91. The number of methoxy groups -OCH3 is 1. The molecular formula is C16H24N2O3. The number of hydrogen-bond donors (Lipinski definition) is 1. The first kappa shape index (κ1) is 15.8. The van der Waals surface area contributed by atoms with Crippen molar-refractivity contribution in [1.29, 1.82) is 0 Å². The van der Waals surface area contributed by atoms with Gasteiger partial charge in [0.05, 0.1) is 13.5 Å². The lowest BCUT2D eigenvalue weighted by Gasteiger charge is -2.23. The average molecular weight is 292 g/mol. The number of likely N-dealkylation sites (tertiary alicyclic amines) is 1. The van der Waals surface area contributed by atoms with E-state index in [1.165, 1.54) is 0 Å². The van der Waals surface area contributed by atoms with Crippen molar-refractivity contribution < 1.29 is 14.6 Å². The van der Waals surface area contributed by atoms with Gasteiger partial charge in [0.15, 0.2) is 0 Å². The number of carbonyl (C=O) groups is 1. The van der Waals surface area contributed by atoms with Gasteiger partial charge in [-0.1, -0.05) is 12.1 Å². The van der Waals surface area contributed by atoms with Gasteiger partial charge in [-0.25, -0.2) is 0 Å². The molecule has 1 fully saturated rings. The van der Waals surface area contributed by atoms with Crippen LogP contribution in [0.4, 0.5) is 0 Å². The van der Waals surface area contributed by atoms with Crippen molar-refractivity contribution in [3.63, 3.8) is 0 Å². The van der Waals surface area contributed by atoms with E-state index in [-0.39, 0.29) is 24.5 Å². The minimum Gasteiger partial charge on any atom is -0.497 e. The summed E-state index contributed by atoms with van der Waals surface area (Å²) in [6, 6.07) is 7.80. The first-order chi connectivity index (χ1) is 10.0. The highest BCUT2D eigenvalue weighted by atomic mass is 16.5. The molecule has 116 valence electrons. The monoisotopic (exact) mass is 292 g/mol. The lowest BCUT2D eigenvalue weighted by Crippen LogP contribution is -2.37. The molecule has 0 spiro atoms. The van der Waals surface area contributed by atoms with Gasteiger partial charge in [-0.3, -0.25) is 4.79 Å². The van der Waals surface area contributed by atoms with Gasteiger partial charge in [-0.2, -0.15) is 0 Å². The third-order valence-corrected chi connectivity index (χ3v) is 4.17. The predicted molar refractivity (Wildman–Crippen MR) is 81.3 cm³/mol. The number of aliphatic hydroxyl groups excluding tert-OH is 1. The van der Waals surface area contributed by atoms with Crippen molar-refractivity contribution in [1.82, 2.24) is 9.80 Å². The van der Waals surface area contributed by atoms with Crippen LogP contribution >= 0.6 is 0 Å². The summed E-state index contributed by atoms with van der Waals surface area (Å²) < 4.78 is 5.11. The molecule has 2 rings (SSSR count). The van der Waals surface area contributed by atoms with E-state index in [1.54, 1.807) is 7.11 Å². The zero-order valence-electron chi connectivity index (χ0n) is 13.0. The van der Waals surface area contributed by atoms with Crippen LogP contribution in [0.5, 0.6) is 5.75 Å². The van der Waals surface area contributed by atoms with Crippen LogP contribution in [0.2, 0.25) is 0 Å². The van der Waals surface area contributed by atoms with Gasteiger partial charge in [0.2, 0.25) is 5.91 Å². The number of hydrogen-bond acceptors (Lipinski definition) is 4. The topological polar surface area (TPSA) is 53.0 Å². The Morgan fingerprint density at radius 1 is 1.33 bits per heavy atom. The molecule has 0 radical (unpaired) electrons. The number of carbonyl (C=O) groups excluding carboxylic acids is 1. The van der Waals surface area contributed by atoms with E-state index in [2.05, 4.69) is 4.90 Å². The molecule has 1 aliphatic rings. The lowest BCUT2D eigenvalue weighted by molar-refractivity contribution is -0.129. The number of nitrogens with zero attached hydrogens (tertiary/aromatic N) is 2. The standard InChI is InChI=1S/C16H24N2O3/c1-17(2)15-10-18(9-13(15)11-19)16(20)8-12-4-6-14(21-3)7-5-12/h4-7,13,15,19H,8-11H2,1-3H3/t13-,15+/m0/s1. The minimum atomic E-state index is 0.114. The van der Waals surface area contributed by atoms with Crippen molar-refractivity contribution in [3.8, 4) is 5.75 Å². The van der Waals surface area contributed by atoms with Crippen LogP contribution in [0.15, 0.2) is 24.3 Å². The Labute approximate surface area is 126 Å². The Morgan fingerprint density at radius 2 is 2.00 bits per heavy atom. The number of ether oxygens (including phenoxy) is 1. The molecule has 5 heteroatoms. The van der Waals surface area contributed by atoms with Gasteiger partial charge in [0.1, 0.15) is 5.75 Å². The molecule has 0 saturated carbocycles. The molecule has 1 aromatic carbocycles. The van der Waals surface area contributed by atoms with E-state index in [9.17, 15) is 9.90 Å². The Balaban J connectivity index is 1.97. The molecule has 0 aliphatic carbocycles. The second-order valence-corrected chi connectivity index (χ2v) is 5.80. The fraction of sp³-hybridized carbons (Fsp3) is 0.562. The molecule has 1 aromatic rings. The summed E-state index contributed by atoms with van der Waals surface area (Å²) in [5.41, 5.74) is 0.981. The van der Waals surface area contributed by atoms with Gasteiger partial charge in [-0.15, -0.1) is 0 Å². The van der Waals surface area contributed by atoms with E-state index in [0.29, 0.717) is 19.5 Å². The molecule has 21 heavy (non-hydrogen) atoms. The molecule has 1 saturated heterocycles. The van der Waals surface area contributed by atoms with Crippen LogP contribution < -0.4 is 4.74 Å². The van der Waals surface area contributed by atoms with Crippen LogP contribution in [-0.4, -0.2) is 67.8 Å². The van der Waals surface area contributed by atoms with Crippen molar-refractivity contribution in [3.05, 3.63) is 29.8 Å². The zero-order chi connectivity index (χ0) is 15.4. The first-order valence-electron chi connectivity index (χ1n) is 7.23. The Hall–Kier alpha value is -1.59. The second-order valence-electron chi connectivity index (χ2n) is 5.80. The number of aliphatic hydroxyl groups is 1. The normalized spacial score (nSPS) is 21.9. The lowest BCUT2D eigenvalue weighted by atomic mass is 10.0. The molecule has 1 aliphatic heterocycles. The molecule has 2 atom stereocenters. The molecule has 1 N–H and O–H groups in total. The quantitative estimate of drug-likeness (QED) is 0.864. The van der Waals surface area contributed by atoms with E-state index >= 15 is 0 Å². The Kier molecular flexibility index (Phi) is 5.20. The fourth-order valence-electron chi connectivity index (χ4n) is 2.85. The third-order valence-electron chi connectivity index (χ3n) is 4.17. The molecule has 1 heterocycles. The highest BCUT2D eigenvalue weighted by Gasteiger charge is 2.35. The van der Waals surface area contributed by atoms with Gasteiger partial charge in [0.25, 0.3) is 0 Å². The van der Waals surface area contributed by atoms with Crippen LogP contribution in [0.3, 0.4) is 0 Å². The van der Waals surface area contributed by atoms with E-state index < -0.39 is 0 Å². The van der Waals surface area contributed by atoms with E-state index in [1.807, 2.05) is 43.3 Å². The van der Waals surface area contributed by atoms with Gasteiger partial charge in [-0.05, 0) is 31.8 Å². The maximum absolute atomic E-state index is 12.4. The van der Waals surface area contributed by atoms with E-state index in [0.717, 1.165) is 11.3 Å². The summed E-state index contributed by atoms with van der Waals surface area (Å²) in [7, 11) is 5.61. The Morgan fingerprint density at radius 3 is 2.48 bits per heavy atom. The van der Waals surface area contributed by atoms with Gasteiger partial charge >= 0.3 is 0 Å². The molecule has 0 aromatic heterocycles. The zero-order valence-corrected chi connectivity index (χ0v) is 13.0. The molecular weight excluding hydrogens is 268 g/mol. The maximum Gasteiger partial charge on any atom is 0.227 e. The van der Waals surface area contributed by atoms with Crippen molar-refractivity contribution in [2.75, 3.05) is 40.9 Å². The van der Waals surface area contributed by atoms with Crippen molar-refractivity contribution in [2.45, 2.75) is 12.5 Å². The highest BCUT2D eigenvalue weighted by Crippen LogP contribution is 2.21. The van der Waals surface area contributed by atoms with Crippen molar-refractivity contribution in [2.24, 2.45) is 5.92 Å². The Bertz CT molecular complexity index is 473. The minimum absolute atomic E-state index is 0.114. The van der Waals surface area contributed by atoms with Crippen LogP contribution in [0.25, 0.3) is 0 Å². The predicted octanol–water partition coefficient (Wildman–Crippen LogP) is 0.619. The van der Waals surface area contributed by atoms with Gasteiger partial charge in [0, 0.05) is 31.7 Å². The SMILES string of the molecule is COc1ccc(CC(=O)N2C[C@@H](CO)[C@H](N(C)C)C2)cc1. The summed E-state index contributed by atoms with van der Waals surface area (Å²) in [6.45, 7) is 1.44. The number of amides is 1. The van der Waals surface area contributed by atoms with Crippen LogP contribution in [0, 0.1) is 5.92 Å². The molecule has 0 bridgehead atoms. The summed E-state index contributed by atoms with van der Waals surface area (Å²) in [4.78, 5) is 16.3. The van der Waals surface area contributed by atoms with E-state index in [4.69, 9.17) is 4.74 Å². The molecule has 1 amide bonds. The number of rotatable bonds is 5. The number of benzene rings is 1. The smallest absolute Gasteiger partial charge is 0.227 e. The highest BCUT2D eigenvalue weighted by molar-refractivity contribution is 5.79. The largest absolute Gasteiger partial charge is 0.497 e. The fourth-order valence-corrected chi connectivity index (χ4v) is 2.85. The molecule has 0 unspecified atom stereocenters. The number of likely N-dealkylation sites (N-methyl/N-ethyl adjacent to an activating group) is 1. The van der Waals surface area contributed by atoms with Crippen LogP contribution in [0.1, 0.15) is 5.56 Å². The summed E-state index contributed by atoms with van der Waals surface area (Å²) >= 11 is 0. The average Bonchev–Trinajstić information content (AvgIpc) is 2.92. The third kappa shape index (κ3) is 3.74. The molecule has 5 nitrogen and oxygen atoms in total. The first-order valence-corrected chi connectivity index (χ1v) is 7.23. The van der Waals surface area contributed by atoms with Crippen LogP contribution in [-0.2, 0) is 11.2 Å². The summed E-state index contributed by atoms with van der Waals surface area (Å²) in [5, 5.41) is 9.45. The van der Waals surface area contributed by atoms with Crippen molar-refractivity contribution >= 4 is 5.91 Å². The van der Waals surface area contributed by atoms with Gasteiger partial charge < -0.3 is 19.6 Å². The summed E-state index contributed by atoms with van der Waals surface area (Å²) in [6.07, 6.45) is 0.391. The maximum atomic E-state index is 12.4.